The number of piperidine rings is 1. The molecule has 2 aliphatic rings. The van der Waals surface area contributed by atoms with Crippen molar-refractivity contribution < 1.29 is 24.1 Å². The maximum absolute atomic E-state index is 14.9. The summed E-state index contributed by atoms with van der Waals surface area (Å²) in [5.41, 5.74) is 2.13. The molecule has 0 radical (unpaired) electrons. The van der Waals surface area contributed by atoms with Crippen LogP contribution in [0.15, 0.2) is 60.7 Å². The van der Waals surface area contributed by atoms with Gasteiger partial charge in [-0.1, -0.05) is 37.6 Å². The van der Waals surface area contributed by atoms with Crippen molar-refractivity contribution in [3.8, 4) is 23.0 Å². The Hall–Kier alpha value is -3.25. The molecule has 0 saturated carbocycles. The first kappa shape index (κ1) is 23.5. The fraction of sp³-hybridized carbons (Fsp3) is 0.379. The molecule has 5 nitrogen and oxygen atoms in total. The molecule has 1 saturated heterocycles. The molecule has 5 rings (SSSR count). The van der Waals surface area contributed by atoms with E-state index in [0.717, 1.165) is 29.8 Å². The number of phenols is 2. The van der Waals surface area contributed by atoms with Gasteiger partial charge in [0.2, 0.25) is 0 Å². The molecule has 3 N–H and O–H groups in total. The lowest BCUT2D eigenvalue weighted by Crippen LogP contribution is -2.35. The summed E-state index contributed by atoms with van der Waals surface area (Å²) in [6, 6.07) is 18.4. The zero-order chi connectivity index (χ0) is 24.4. The zero-order valence-electron chi connectivity index (χ0n) is 19.9. The van der Waals surface area contributed by atoms with E-state index in [1.165, 1.54) is 25.3 Å². The minimum atomic E-state index is -0.658. The van der Waals surface area contributed by atoms with Gasteiger partial charge in [-0.05, 0) is 79.3 Å². The van der Waals surface area contributed by atoms with E-state index in [0.29, 0.717) is 24.0 Å². The van der Waals surface area contributed by atoms with Crippen molar-refractivity contribution in [2.24, 2.45) is 0 Å². The van der Waals surface area contributed by atoms with E-state index in [4.69, 9.17) is 9.47 Å². The summed E-state index contributed by atoms with van der Waals surface area (Å²) in [6.07, 6.45) is 4.32. The number of benzene rings is 3. The number of nitrogens with one attached hydrogen (secondary N) is 1. The molecule has 4 unspecified atom stereocenters. The van der Waals surface area contributed by atoms with Crippen LogP contribution >= 0.6 is 0 Å². The predicted molar refractivity (Wildman–Crippen MR) is 133 cm³/mol. The molecule has 0 spiro atoms. The SMILES string of the molecule is CC1c2c(ccc(O)c2F)OC(c2ccc(OCCC3CCCCN3)cc2)C1c1cccc(O)c1. The normalized spacial score (nSPS) is 23.8. The van der Waals surface area contributed by atoms with Gasteiger partial charge in [0.1, 0.15) is 23.4 Å². The lowest BCUT2D eigenvalue weighted by molar-refractivity contribution is 0.133. The largest absolute Gasteiger partial charge is 0.508 e. The number of halogens is 1. The summed E-state index contributed by atoms with van der Waals surface area (Å²) in [6.45, 7) is 3.69. The molecule has 0 bridgehead atoms. The number of ether oxygens (including phenoxy) is 2. The molecule has 184 valence electrons. The van der Waals surface area contributed by atoms with Crippen LogP contribution in [0, 0.1) is 5.82 Å². The van der Waals surface area contributed by atoms with E-state index in [9.17, 15) is 14.6 Å². The van der Waals surface area contributed by atoms with Crippen LogP contribution in [0.2, 0.25) is 0 Å². The summed E-state index contributed by atoms with van der Waals surface area (Å²) < 4.78 is 27.3. The molecule has 35 heavy (non-hydrogen) atoms. The number of hydrogen-bond donors (Lipinski definition) is 3. The maximum atomic E-state index is 14.9. The number of fused-ring (bicyclic) bond motifs is 1. The molecular weight excluding hydrogens is 445 g/mol. The highest BCUT2D eigenvalue weighted by Gasteiger charge is 2.40. The number of aromatic hydroxyl groups is 2. The molecule has 1 fully saturated rings. The van der Waals surface area contributed by atoms with Crippen LogP contribution in [0.5, 0.6) is 23.0 Å². The first-order chi connectivity index (χ1) is 17.0. The van der Waals surface area contributed by atoms with E-state index in [1.54, 1.807) is 24.3 Å². The molecule has 6 heteroatoms. The Bertz CT molecular complexity index is 1160. The van der Waals surface area contributed by atoms with Crippen LogP contribution in [0.3, 0.4) is 0 Å². The second-order valence-electron chi connectivity index (χ2n) is 9.61. The Kier molecular flexibility index (Phi) is 6.82. The Morgan fingerprint density at radius 2 is 1.86 bits per heavy atom. The summed E-state index contributed by atoms with van der Waals surface area (Å²) in [4.78, 5) is 0. The van der Waals surface area contributed by atoms with Gasteiger partial charge in [0.05, 0.1) is 6.61 Å². The fourth-order valence-electron chi connectivity index (χ4n) is 5.46. The van der Waals surface area contributed by atoms with E-state index in [1.807, 2.05) is 37.3 Å². The van der Waals surface area contributed by atoms with Crippen LogP contribution < -0.4 is 14.8 Å². The summed E-state index contributed by atoms with van der Waals surface area (Å²) in [5, 5.41) is 23.6. The lowest BCUT2D eigenvalue weighted by Gasteiger charge is -2.39. The Labute approximate surface area is 205 Å². The molecule has 2 aliphatic heterocycles. The van der Waals surface area contributed by atoms with E-state index < -0.39 is 17.7 Å². The Morgan fingerprint density at radius 3 is 2.60 bits per heavy atom. The van der Waals surface area contributed by atoms with E-state index in [2.05, 4.69) is 5.32 Å². The van der Waals surface area contributed by atoms with E-state index in [-0.39, 0.29) is 17.6 Å². The van der Waals surface area contributed by atoms with Gasteiger partial charge in [-0.2, -0.15) is 0 Å². The average Bonchev–Trinajstić information content (AvgIpc) is 2.87. The van der Waals surface area contributed by atoms with Crippen LogP contribution in [0.25, 0.3) is 0 Å². The van der Waals surface area contributed by atoms with Gasteiger partial charge in [-0.25, -0.2) is 4.39 Å². The van der Waals surface area contributed by atoms with Gasteiger partial charge in [0, 0.05) is 17.5 Å². The van der Waals surface area contributed by atoms with Crippen molar-refractivity contribution >= 4 is 0 Å². The molecule has 4 atom stereocenters. The van der Waals surface area contributed by atoms with Gasteiger partial charge in [0.15, 0.2) is 11.6 Å². The quantitative estimate of drug-likeness (QED) is 0.396. The Morgan fingerprint density at radius 1 is 1.03 bits per heavy atom. The van der Waals surface area contributed by atoms with Gasteiger partial charge in [-0.15, -0.1) is 0 Å². The van der Waals surface area contributed by atoms with E-state index >= 15 is 0 Å². The highest BCUT2D eigenvalue weighted by molar-refractivity contribution is 5.49. The molecule has 0 amide bonds. The zero-order valence-corrected chi connectivity index (χ0v) is 19.9. The van der Waals surface area contributed by atoms with Gasteiger partial charge in [-0.3, -0.25) is 0 Å². The van der Waals surface area contributed by atoms with Crippen molar-refractivity contribution in [3.63, 3.8) is 0 Å². The highest BCUT2D eigenvalue weighted by Crippen LogP contribution is 2.53. The molecule has 2 heterocycles. The Balaban J connectivity index is 1.39. The fourth-order valence-corrected chi connectivity index (χ4v) is 5.46. The highest BCUT2D eigenvalue weighted by atomic mass is 19.1. The van der Waals surface area contributed by atoms with Gasteiger partial charge >= 0.3 is 0 Å². The third-order valence-corrected chi connectivity index (χ3v) is 7.30. The molecule has 3 aromatic carbocycles. The molecule has 0 aromatic heterocycles. The van der Waals surface area contributed by atoms with Crippen molar-refractivity contribution in [1.82, 2.24) is 5.32 Å². The number of phenolic OH excluding ortho intramolecular Hbond substituents is 2. The molecular formula is C29H32FNO4. The minimum Gasteiger partial charge on any atom is -0.508 e. The number of rotatable bonds is 6. The van der Waals surface area contributed by atoms with Crippen molar-refractivity contribution in [2.75, 3.05) is 13.2 Å². The van der Waals surface area contributed by atoms with Gasteiger partial charge in [0.25, 0.3) is 0 Å². The van der Waals surface area contributed by atoms with Gasteiger partial charge < -0.3 is 25.0 Å². The topological polar surface area (TPSA) is 71.0 Å². The van der Waals surface area contributed by atoms with Crippen molar-refractivity contribution in [3.05, 3.63) is 83.2 Å². The lowest BCUT2D eigenvalue weighted by atomic mass is 9.74. The van der Waals surface area contributed by atoms with Crippen LogP contribution in [0.4, 0.5) is 4.39 Å². The average molecular weight is 478 g/mol. The maximum Gasteiger partial charge on any atom is 0.171 e. The van der Waals surface area contributed by atoms with Crippen molar-refractivity contribution in [2.45, 2.75) is 56.6 Å². The minimum absolute atomic E-state index is 0.145. The molecule has 0 aliphatic carbocycles. The predicted octanol–water partition coefficient (Wildman–Crippen LogP) is 6.17. The summed E-state index contributed by atoms with van der Waals surface area (Å²) in [7, 11) is 0. The van der Waals surface area contributed by atoms with Crippen LogP contribution in [-0.2, 0) is 0 Å². The van der Waals surface area contributed by atoms with Crippen LogP contribution in [-0.4, -0.2) is 29.4 Å². The summed E-state index contributed by atoms with van der Waals surface area (Å²) in [5.74, 6) is -0.237. The second kappa shape index (κ2) is 10.2. The first-order valence-corrected chi connectivity index (χ1v) is 12.4. The second-order valence-corrected chi connectivity index (χ2v) is 9.61. The number of hydrogen-bond acceptors (Lipinski definition) is 5. The van der Waals surface area contributed by atoms with Crippen LogP contribution in [0.1, 0.15) is 67.2 Å². The third kappa shape index (κ3) is 4.94. The monoisotopic (exact) mass is 477 g/mol. The summed E-state index contributed by atoms with van der Waals surface area (Å²) >= 11 is 0. The third-order valence-electron chi connectivity index (χ3n) is 7.30. The molecule has 3 aromatic rings. The smallest absolute Gasteiger partial charge is 0.171 e. The first-order valence-electron chi connectivity index (χ1n) is 12.4. The van der Waals surface area contributed by atoms with Crippen molar-refractivity contribution in [1.29, 1.82) is 0 Å². The standard InChI is InChI=1S/C29H32FNO4/c1-18-26(20-5-4-7-22(32)17-20)29(35-25-13-12-24(33)28(30)27(18)25)19-8-10-23(11-9-19)34-16-14-21-6-2-3-15-31-21/h4-5,7-13,17-18,21,26,29,31-33H,2-3,6,14-16H2,1H3.